The minimum absolute atomic E-state index is 0.0211. The van der Waals surface area contributed by atoms with E-state index in [0.29, 0.717) is 18.7 Å². The monoisotopic (exact) mass is 293 g/mol. The number of nitro benzene ring substituents is 1. The van der Waals surface area contributed by atoms with Gasteiger partial charge in [-0.3, -0.25) is 14.9 Å². The first-order chi connectivity index (χ1) is 10.1. The molecule has 0 radical (unpaired) electrons. The van der Waals surface area contributed by atoms with Gasteiger partial charge >= 0.3 is 5.69 Å². The number of nitrogens with one attached hydrogen (secondary N) is 1. The first-order valence-electron chi connectivity index (χ1n) is 6.95. The van der Waals surface area contributed by atoms with Gasteiger partial charge in [0, 0.05) is 32.2 Å². The molecule has 0 atom stereocenters. The maximum Gasteiger partial charge on any atom is 0.311 e. The summed E-state index contributed by atoms with van der Waals surface area (Å²) >= 11 is 0. The summed E-state index contributed by atoms with van der Waals surface area (Å²) in [5.74, 6) is 0.267. The zero-order chi connectivity index (χ0) is 15.2. The third-order valence-electron chi connectivity index (χ3n) is 3.42. The normalized spacial score (nSPS) is 14.8. The molecule has 1 fully saturated rings. The van der Waals surface area contributed by atoms with Crippen molar-refractivity contribution in [2.24, 2.45) is 0 Å². The summed E-state index contributed by atoms with van der Waals surface area (Å²) in [5.41, 5.74) is 0.628. The van der Waals surface area contributed by atoms with E-state index in [-0.39, 0.29) is 30.4 Å². The molecule has 0 spiro atoms. The summed E-state index contributed by atoms with van der Waals surface area (Å²) < 4.78 is 5.49. The van der Waals surface area contributed by atoms with Crippen LogP contribution in [0.25, 0.3) is 0 Å². The van der Waals surface area contributed by atoms with E-state index >= 15 is 0 Å². The first kappa shape index (κ1) is 15.2. The van der Waals surface area contributed by atoms with Crippen molar-refractivity contribution < 1.29 is 14.5 Å². The topological polar surface area (TPSA) is 84.7 Å². The Morgan fingerprint density at radius 3 is 2.81 bits per heavy atom. The second-order valence-electron chi connectivity index (χ2n) is 4.91. The Hall–Kier alpha value is -2.15. The number of nitro groups is 1. The molecule has 1 aliphatic rings. The van der Waals surface area contributed by atoms with Crippen molar-refractivity contribution in [2.45, 2.75) is 13.3 Å². The lowest BCUT2D eigenvalue weighted by Crippen LogP contribution is -2.46. The van der Waals surface area contributed by atoms with Crippen molar-refractivity contribution in [3.63, 3.8) is 0 Å². The molecule has 0 aromatic heterocycles. The van der Waals surface area contributed by atoms with Crippen molar-refractivity contribution in [1.82, 2.24) is 10.2 Å². The molecule has 7 nitrogen and oxygen atoms in total. The van der Waals surface area contributed by atoms with E-state index in [0.717, 1.165) is 13.1 Å². The highest BCUT2D eigenvalue weighted by Crippen LogP contribution is 2.30. The molecule has 1 aromatic rings. The SMILES string of the molecule is Cc1cccc([N+](=O)[O-])c1OCCC(=O)N1CCNCC1. The van der Waals surface area contributed by atoms with Crippen LogP contribution >= 0.6 is 0 Å². The number of carbonyl (C=O) groups excluding carboxylic acids is 1. The molecular formula is C14H19N3O4. The van der Waals surface area contributed by atoms with Crippen molar-refractivity contribution in [3.05, 3.63) is 33.9 Å². The molecule has 0 aliphatic carbocycles. The number of hydrogen-bond acceptors (Lipinski definition) is 5. The lowest BCUT2D eigenvalue weighted by atomic mass is 10.2. The number of nitrogens with zero attached hydrogens (tertiary/aromatic N) is 2. The van der Waals surface area contributed by atoms with E-state index in [1.54, 1.807) is 24.0 Å². The number of ether oxygens (including phenoxy) is 1. The lowest BCUT2D eigenvalue weighted by Gasteiger charge is -2.27. The van der Waals surface area contributed by atoms with E-state index in [4.69, 9.17) is 4.74 Å². The minimum Gasteiger partial charge on any atom is -0.486 e. The quantitative estimate of drug-likeness (QED) is 0.649. The zero-order valence-electron chi connectivity index (χ0n) is 12.0. The van der Waals surface area contributed by atoms with E-state index in [9.17, 15) is 14.9 Å². The minimum atomic E-state index is -0.472. The van der Waals surface area contributed by atoms with Crippen LogP contribution in [0.5, 0.6) is 5.75 Å². The fourth-order valence-electron chi connectivity index (χ4n) is 2.28. The van der Waals surface area contributed by atoms with Crippen LogP contribution in [0.4, 0.5) is 5.69 Å². The third-order valence-corrected chi connectivity index (χ3v) is 3.42. The summed E-state index contributed by atoms with van der Waals surface area (Å²) in [7, 11) is 0. The number of para-hydroxylation sites is 1. The highest BCUT2D eigenvalue weighted by atomic mass is 16.6. The maximum atomic E-state index is 12.0. The van der Waals surface area contributed by atoms with Gasteiger partial charge in [0.05, 0.1) is 18.0 Å². The van der Waals surface area contributed by atoms with Gasteiger partial charge < -0.3 is 15.0 Å². The Morgan fingerprint density at radius 2 is 2.14 bits per heavy atom. The number of benzene rings is 1. The van der Waals surface area contributed by atoms with Gasteiger partial charge in [-0.2, -0.15) is 0 Å². The van der Waals surface area contributed by atoms with E-state index < -0.39 is 4.92 Å². The van der Waals surface area contributed by atoms with E-state index in [1.807, 2.05) is 0 Å². The fraction of sp³-hybridized carbons (Fsp3) is 0.500. The number of rotatable bonds is 5. The van der Waals surface area contributed by atoms with Crippen LogP contribution in [0.1, 0.15) is 12.0 Å². The Morgan fingerprint density at radius 1 is 1.43 bits per heavy atom. The molecule has 114 valence electrons. The summed E-state index contributed by atoms with van der Waals surface area (Å²) in [6.45, 7) is 4.90. The van der Waals surface area contributed by atoms with Gasteiger partial charge in [-0.15, -0.1) is 0 Å². The largest absolute Gasteiger partial charge is 0.486 e. The van der Waals surface area contributed by atoms with Crippen LogP contribution in [0, 0.1) is 17.0 Å². The Bertz CT molecular complexity index is 527. The number of aryl methyl sites for hydroxylation is 1. The summed E-state index contributed by atoms with van der Waals surface area (Å²) in [6, 6.07) is 4.77. The van der Waals surface area contributed by atoms with Crippen LogP contribution in [-0.2, 0) is 4.79 Å². The predicted molar refractivity (Wildman–Crippen MR) is 77.4 cm³/mol. The van der Waals surface area contributed by atoms with Crippen molar-refractivity contribution in [1.29, 1.82) is 0 Å². The molecule has 2 rings (SSSR count). The Balaban J connectivity index is 1.91. The summed E-state index contributed by atoms with van der Waals surface area (Å²) in [5, 5.41) is 14.1. The van der Waals surface area contributed by atoms with Gasteiger partial charge in [0.25, 0.3) is 0 Å². The van der Waals surface area contributed by atoms with Crippen LogP contribution in [-0.4, -0.2) is 48.5 Å². The molecule has 1 aromatic carbocycles. The highest BCUT2D eigenvalue weighted by molar-refractivity contribution is 5.76. The second-order valence-corrected chi connectivity index (χ2v) is 4.91. The summed E-state index contributed by atoms with van der Waals surface area (Å²) in [4.78, 5) is 24.3. The van der Waals surface area contributed by atoms with Gasteiger partial charge in [-0.1, -0.05) is 12.1 Å². The van der Waals surface area contributed by atoms with E-state index in [1.165, 1.54) is 6.07 Å². The van der Waals surface area contributed by atoms with Crippen molar-refractivity contribution in [3.8, 4) is 5.75 Å². The molecule has 0 bridgehead atoms. The molecule has 1 heterocycles. The smallest absolute Gasteiger partial charge is 0.311 e. The third kappa shape index (κ3) is 3.91. The van der Waals surface area contributed by atoms with Gasteiger partial charge in [0.1, 0.15) is 0 Å². The molecular weight excluding hydrogens is 274 g/mol. The van der Waals surface area contributed by atoms with Crippen LogP contribution in [0.3, 0.4) is 0 Å². The number of piperazine rings is 1. The van der Waals surface area contributed by atoms with Crippen molar-refractivity contribution in [2.75, 3.05) is 32.8 Å². The molecule has 1 aliphatic heterocycles. The van der Waals surface area contributed by atoms with Crippen LogP contribution < -0.4 is 10.1 Å². The van der Waals surface area contributed by atoms with Gasteiger partial charge in [-0.25, -0.2) is 0 Å². The van der Waals surface area contributed by atoms with Gasteiger partial charge in [0.2, 0.25) is 5.91 Å². The number of hydrogen-bond donors (Lipinski definition) is 1. The molecule has 0 saturated carbocycles. The molecule has 21 heavy (non-hydrogen) atoms. The first-order valence-corrected chi connectivity index (χ1v) is 6.95. The Labute approximate surface area is 123 Å². The van der Waals surface area contributed by atoms with Crippen LogP contribution in [0.2, 0.25) is 0 Å². The standard InChI is InChI=1S/C14H19N3O4/c1-11-3-2-4-12(17(19)20)14(11)21-10-5-13(18)16-8-6-15-7-9-16/h2-4,15H,5-10H2,1H3. The van der Waals surface area contributed by atoms with E-state index in [2.05, 4.69) is 5.32 Å². The number of amides is 1. The summed E-state index contributed by atoms with van der Waals surface area (Å²) in [6.07, 6.45) is 0.228. The van der Waals surface area contributed by atoms with Gasteiger partial charge in [-0.05, 0) is 12.5 Å². The Kier molecular flexibility index (Phi) is 5.10. The molecule has 1 amide bonds. The molecule has 7 heteroatoms. The highest BCUT2D eigenvalue weighted by Gasteiger charge is 2.19. The zero-order valence-corrected chi connectivity index (χ0v) is 12.0. The average molecular weight is 293 g/mol. The number of carbonyl (C=O) groups is 1. The van der Waals surface area contributed by atoms with Crippen LogP contribution in [0.15, 0.2) is 18.2 Å². The molecule has 0 unspecified atom stereocenters. The molecule has 1 N–H and O–H groups in total. The van der Waals surface area contributed by atoms with Gasteiger partial charge in [0.15, 0.2) is 5.75 Å². The second kappa shape index (κ2) is 7.03. The van der Waals surface area contributed by atoms with Crippen molar-refractivity contribution >= 4 is 11.6 Å². The fourth-order valence-corrected chi connectivity index (χ4v) is 2.28. The predicted octanol–water partition coefficient (Wildman–Crippen LogP) is 1.10. The maximum absolute atomic E-state index is 12.0. The lowest BCUT2D eigenvalue weighted by molar-refractivity contribution is -0.385. The average Bonchev–Trinajstić information content (AvgIpc) is 2.49. The molecule has 1 saturated heterocycles.